The van der Waals surface area contributed by atoms with Gasteiger partial charge < -0.3 is 18.6 Å². The van der Waals surface area contributed by atoms with Crippen molar-refractivity contribution in [1.29, 1.82) is 0 Å². The Hall–Kier alpha value is -2.67. The van der Waals surface area contributed by atoms with Gasteiger partial charge in [-0.3, -0.25) is 4.79 Å². The number of aryl methyl sites for hydroxylation is 1. The zero-order chi connectivity index (χ0) is 19.5. The quantitative estimate of drug-likeness (QED) is 0.581. The van der Waals surface area contributed by atoms with Crippen LogP contribution in [0, 0.1) is 0 Å². The number of benzene rings is 1. The number of thioether (sulfide) groups is 1. The maximum absolute atomic E-state index is 13.1. The first-order valence-corrected chi connectivity index (χ1v) is 10.3. The number of hydrogen-bond acceptors (Lipinski definition) is 5. The SMILES string of the molecule is COc1cccc(C2CCCN2C(=O)c2ccc(CSc3nccn3C)o2)c1. The van der Waals surface area contributed by atoms with Crippen molar-refractivity contribution in [3.63, 3.8) is 0 Å². The van der Waals surface area contributed by atoms with E-state index >= 15 is 0 Å². The van der Waals surface area contributed by atoms with E-state index in [0.29, 0.717) is 11.5 Å². The Morgan fingerprint density at radius 1 is 1.36 bits per heavy atom. The molecule has 28 heavy (non-hydrogen) atoms. The van der Waals surface area contributed by atoms with Gasteiger partial charge in [0.05, 0.1) is 18.9 Å². The molecular weight excluding hydrogens is 374 g/mol. The molecule has 3 aromatic rings. The van der Waals surface area contributed by atoms with Crippen LogP contribution in [0.1, 0.15) is 40.8 Å². The van der Waals surface area contributed by atoms with E-state index in [-0.39, 0.29) is 11.9 Å². The second-order valence-corrected chi connectivity index (χ2v) is 7.75. The number of nitrogens with zero attached hydrogens (tertiary/aromatic N) is 3. The second-order valence-electron chi connectivity index (χ2n) is 6.81. The van der Waals surface area contributed by atoms with Crippen LogP contribution < -0.4 is 4.74 Å². The largest absolute Gasteiger partial charge is 0.497 e. The summed E-state index contributed by atoms with van der Waals surface area (Å²) in [6.07, 6.45) is 5.61. The molecule has 2 aromatic heterocycles. The van der Waals surface area contributed by atoms with Crippen LogP contribution in [-0.4, -0.2) is 34.0 Å². The van der Waals surface area contributed by atoms with E-state index in [9.17, 15) is 4.79 Å². The topological polar surface area (TPSA) is 60.5 Å². The number of furan rings is 1. The van der Waals surface area contributed by atoms with Gasteiger partial charge in [0.25, 0.3) is 5.91 Å². The van der Waals surface area contributed by atoms with Crippen molar-refractivity contribution in [2.45, 2.75) is 29.8 Å². The predicted octanol–water partition coefficient (Wildman–Crippen LogP) is 4.29. The monoisotopic (exact) mass is 397 g/mol. The van der Waals surface area contributed by atoms with E-state index in [1.54, 1.807) is 31.1 Å². The van der Waals surface area contributed by atoms with Crippen LogP contribution in [0.4, 0.5) is 0 Å². The van der Waals surface area contributed by atoms with Crippen LogP contribution in [0.15, 0.2) is 58.4 Å². The normalized spacial score (nSPS) is 16.5. The summed E-state index contributed by atoms with van der Waals surface area (Å²) in [5, 5.41) is 0.918. The number of aromatic nitrogens is 2. The summed E-state index contributed by atoms with van der Waals surface area (Å²) in [5.41, 5.74) is 1.10. The Balaban J connectivity index is 1.46. The van der Waals surface area contributed by atoms with Gasteiger partial charge in [0, 0.05) is 26.0 Å². The van der Waals surface area contributed by atoms with Crippen LogP contribution in [0.2, 0.25) is 0 Å². The highest BCUT2D eigenvalue weighted by molar-refractivity contribution is 7.98. The molecule has 1 amide bonds. The van der Waals surface area contributed by atoms with Gasteiger partial charge in [0.2, 0.25) is 0 Å². The van der Waals surface area contributed by atoms with Crippen molar-refractivity contribution in [2.24, 2.45) is 7.05 Å². The molecule has 1 aliphatic rings. The van der Waals surface area contributed by atoms with Crippen molar-refractivity contribution < 1.29 is 13.9 Å². The number of amides is 1. The molecular formula is C21H23N3O3S. The van der Waals surface area contributed by atoms with E-state index in [2.05, 4.69) is 11.1 Å². The molecule has 146 valence electrons. The number of methoxy groups -OCH3 is 1. The lowest BCUT2D eigenvalue weighted by Crippen LogP contribution is -2.30. The molecule has 1 aliphatic heterocycles. The lowest BCUT2D eigenvalue weighted by atomic mass is 10.0. The Morgan fingerprint density at radius 2 is 2.25 bits per heavy atom. The number of carbonyl (C=O) groups is 1. The molecule has 1 atom stereocenters. The van der Waals surface area contributed by atoms with Crippen LogP contribution in [0.25, 0.3) is 0 Å². The van der Waals surface area contributed by atoms with Crippen molar-refractivity contribution >= 4 is 17.7 Å². The highest BCUT2D eigenvalue weighted by Crippen LogP contribution is 2.35. The summed E-state index contributed by atoms with van der Waals surface area (Å²) < 4.78 is 13.1. The van der Waals surface area contributed by atoms with E-state index in [1.807, 2.05) is 47.0 Å². The lowest BCUT2D eigenvalue weighted by Gasteiger charge is -2.24. The summed E-state index contributed by atoms with van der Waals surface area (Å²) in [5.74, 6) is 2.55. The van der Waals surface area contributed by atoms with Crippen LogP contribution in [0.5, 0.6) is 5.75 Å². The second kappa shape index (κ2) is 8.14. The van der Waals surface area contributed by atoms with E-state index in [1.165, 1.54) is 0 Å². The molecule has 0 radical (unpaired) electrons. The molecule has 3 heterocycles. The van der Waals surface area contributed by atoms with Gasteiger partial charge in [-0.1, -0.05) is 23.9 Å². The zero-order valence-electron chi connectivity index (χ0n) is 16.0. The Bertz CT molecular complexity index is 965. The van der Waals surface area contributed by atoms with E-state index in [0.717, 1.165) is 41.6 Å². The zero-order valence-corrected chi connectivity index (χ0v) is 16.8. The predicted molar refractivity (Wildman–Crippen MR) is 107 cm³/mol. The standard InChI is InChI=1S/C21H23N3O3S/c1-23-12-10-22-21(23)28-14-17-8-9-19(27-17)20(25)24-11-4-7-18(24)15-5-3-6-16(13-15)26-2/h3,5-6,8-10,12-13,18H,4,7,11,14H2,1-2H3. The molecule has 0 bridgehead atoms. The van der Waals surface area contributed by atoms with Crippen molar-refractivity contribution in [3.05, 3.63) is 65.9 Å². The smallest absolute Gasteiger partial charge is 0.290 e. The molecule has 1 aromatic carbocycles. The summed E-state index contributed by atoms with van der Waals surface area (Å²) in [6.45, 7) is 0.735. The Morgan fingerprint density at radius 3 is 3.04 bits per heavy atom. The molecule has 6 nitrogen and oxygen atoms in total. The van der Waals surface area contributed by atoms with Gasteiger partial charge in [-0.15, -0.1) is 0 Å². The number of imidazole rings is 1. The van der Waals surface area contributed by atoms with Gasteiger partial charge in [-0.2, -0.15) is 0 Å². The van der Waals surface area contributed by atoms with Crippen molar-refractivity contribution in [3.8, 4) is 5.75 Å². The van der Waals surface area contributed by atoms with E-state index in [4.69, 9.17) is 9.15 Å². The maximum Gasteiger partial charge on any atom is 0.290 e. The summed E-state index contributed by atoms with van der Waals surface area (Å²) >= 11 is 1.58. The van der Waals surface area contributed by atoms with Crippen molar-refractivity contribution in [1.82, 2.24) is 14.5 Å². The average molecular weight is 398 g/mol. The average Bonchev–Trinajstić information content (AvgIpc) is 3.46. The Labute approximate surface area is 168 Å². The maximum atomic E-state index is 13.1. The van der Waals surface area contributed by atoms with Crippen LogP contribution in [0.3, 0.4) is 0 Å². The summed E-state index contributed by atoms with van der Waals surface area (Å²) in [7, 11) is 3.61. The first kappa shape index (κ1) is 18.7. The minimum absolute atomic E-state index is 0.0538. The first-order valence-electron chi connectivity index (χ1n) is 9.29. The lowest BCUT2D eigenvalue weighted by molar-refractivity contribution is 0.0701. The molecule has 1 saturated heterocycles. The first-order chi connectivity index (χ1) is 13.7. The van der Waals surface area contributed by atoms with Gasteiger partial charge in [0.15, 0.2) is 10.9 Å². The van der Waals surface area contributed by atoms with Gasteiger partial charge >= 0.3 is 0 Å². The fraction of sp³-hybridized carbons (Fsp3) is 0.333. The fourth-order valence-electron chi connectivity index (χ4n) is 3.54. The fourth-order valence-corrected chi connectivity index (χ4v) is 4.37. The Kier molecular flexibility index (Phi) is 5.43. The number of ether oxygens (including phenoxy) is 1. The molecule has 4 rings (SSSR count). The molecule has 1 unspecified atom stereocenters. The van der Waals surface area contributed by atoms with Gasteiger partial charge in [-0.05, 0) is 42.7 Å². The molecule has 0 N–H and O–H groups in total. The van der Waals surface area contributed by atoms with Crippen LogP contribution in [-0.2, 0) is 12.8 Å². The highest BCUT2D eigenvalue weighted by Gasteiger charge is 2.32. The molecule has 0 saturated carbocycles. The number of carbonyl (C=O) groups excluding carboxylic acids is 1. The molecule has 7 heteroatoms. The summed E-state index contributed by atoms with van der Waals surface area (Å²) in [4.78, 5) is 19.3. The molecule has 1 fully saturated rings. The third-order valence-electron chi connectivity index (χ3n) is 4.99. The summed E-state index contributed by atoms with van der Waals surface area (Å²) in [6, 6.07) is 11.6. The van der Waals surface area contributed by atoms with Gasteiger partial charge in [-0.25, -0.2) is 4.98 Å². The van der Waals surface area contributed by atoms with Crippen LogP contribution >= 0.6 is 11.8 Å². The third kappa shape index (κ3) is 3.80. The number of likely N-dealkylation sites (tertiary alicyclic amines) is 1. The molecule has 0 aliphatic carbocycles. The van der Waals surface area contributed by atoms with Gasteiger partial charge in [0.1, 0.15) is 11.5 Å². The van der Waals surface area contributed by atoms with E-state index < -0.39 is 0 Å². The number of rotatable bonds is 6. The van der Waals surface area contributed by atoms with Crippen molar-refractivity contribution in [2.75, 3.05) is 13.7 Å². The molecule has 0 spiro atoms. The minimum Gasteiger partial charge on any atom is -0.497 e. The number of hydrogen-bond donors (Lipinski definition) is 0. The highest BCUT2D eigenvalue weighted by atomic mass is 32.2. The minimum atomic E-state index is -0.0569. The third-order valence-corrected chi connectivity index (χ3v) is 6.07.